The molecule has 2 heterocycles. The number of rotatable bonds is 22. The normalized spacial score (nSPS) is 19.9. The van der Waals surface area contributed by atoms with Crippen LogP contribution in [0.2, 0.25) is 0 Å². The maximum absolute atomic E-state index is 12.8. The van der Waals surface area contributed by atoms with Crippen LogP contribution in [-0.2, 0) is 60.4 Å². The SMILES string of the molecule is C=C(C)C(=O)OCC(O)COC1=CC2OC(=O)C(c3ccc(OCCO)cc3CC)=CC2C=C1.C=CC(=O)OCC(O)COC1=CC2OC(=O)C(c3ccc(OCCO)cc3CC)=CC2C=C1. The maximum atomic E-state index is 12.8. The number of ether oxygens (including phenoxy) is 8. The van der Waals surface area contributed by atoms with Gasteiger partial charge in [0.25, 0.3) is 0 Å². The Balaban J connectivity index is 0.000000251. The van der Waals surface area contributed by atoms with Crippen LogP contribution >= 0.6 is 0 Å². The van der Waals surface area contributed by atoms with Crippen LogP contribution in [0, 0.1) is 11.8 Å². The van der Waals surface area contributed by atoms with Crippen LogP contribution in [0.15, 0.2) is 121 Å². The first-order valence-electron chi connectivity index (χ1n) is 21.9. The Morgan fingerprint density at radius 2 is 1.13 bits per heavy atom. The molecule has 2 aliphatic carbocycles. The molecule has 0 amide bonds. The van der Waals surface area contributed by atoms with Crippen LogP contribution in [0.1, 0.15) is 43.0 Å². The molecule has 0 saturated heterocycles. The molecule has 4 aliphatic rings. The van der Waals surface area contributed by atoms with E-state index in [9.17, 15) is 29.4 Å². The van der Waals surface area contributed by atoms with Crippen LogP contribution in [0.5, 0.6) is 11.5 Å². The zero-order chi connectivity index (χ0) is 48.5. The number of aliphatic hydroxyl groups excluding tert-OH is 4. The average Bonchev–Trinajstić information content (AvgIpc) is 3.34. The summed E-state index contributed by atoms with van der Waals surface area (Å²) >= 11 is 0. The summed E-state index contributed by atoms with van der Waals surface area (Å²) in [6, 6.07) is 10.9. The Morgan fingerprint density at radius 1 is 0.687 bits per heavy atom. The van der Waals surface area contributed by atoms with E-state index in [-0.39, 0.29) is 70.3 Å². The van der Waals surface area contributed by atoms with Gasteiger partial charge in [-0.25, -0.2) is 19.2 Å². The molecule has 0 aromatic heterocycles. The number of esters is 4. The number of allylic oxidation sites excluding steroid dienone is 2. The third-order valence-corrected chi connectivity index (χ3v) is 10.5. The lowest BCUT2D eigenvalue weighted by molar-refractivity contribution is -0.143. The predicted octanol–water partition coefficient (Wildman–Crippen LogP) is 4.60. The Hall–Kier alpha value is -6.72. The zero-order valence-electron chi connectivity index (χ0n) is 37.8. The van der Waals surface area contributed by atoms with Crippen LogP contribution in [0.3, 0.4) is 0 Å². The monoisotopic (exact) mass is 926 g/mol. The second kappa shape index (κ2) is 25.3. The molecular formula is C51H58O16. The highest BCUT2D eigenvalue weighted by Crippen LogP contribution is 2.36. The summed E-state index contributed by atoms with van der Waals surface area (Å²) in [5.41, 5.74) is 4.69. The van der Waals surface area contributed by atoms with E-state index in [1.807, 2.05) is 62.4 Å². The summed E-state index contributed by atoms with van der Waals surface area (Å²) in [6.45, 7) is 11.9. The van der Waals surface area contributed by atoms with Gasteiger partial charge >= 0.3 is 23.9 Å². The van der Waals surface area contributed by atoms with Gasteiger partial charge < -0.3 is 58.3 Å². The van der Waals surface area contributed by atoms with Gasteiger partial charge in [0.2, 0.25) is 0 Å². The number of fused-ring (bicyclic) bond motifs is 2. The number of hydrogen-bond acceptors (Lipinski definition) is 16. The van der Waals surface area contributed by atoms with E-state index in [0.717, 1.165) is 28.3 Å². The molecule has 0 fully saturated rings. The van der Waals surface area contributed by atoms with Gasteiger partial charge in [-0.2, -0.15) is 0 Å². The van der Waals surface area contributed by atoms with E-state index in [1.165, 1.54) is 6.92 Å². The van der Waals surface area contributed by atoms with E-state index in [4.69, 9.17) is 48.1 Å². The molecule has 16 nitrogen and oxygen atoms in total. The summed E-state index contributed by atoms with van der Waals surface area (Å²) in [6.07, 6.45) is 13.8. The molecule has 0 spiro atoms. The number of benzene rings is 2. The molecule has 16 heteroatoms. The molecule has 2 aromatic rings. The van der Waals surface area contributed by atoms with Crippen LogP contribution < -0.4 is 9.47 Å². The van der Waals surface area contributed by atoms with E-state index in [1.54, 1.807) is 36.4 Å². The third-order valence-electron chi connectivity index (χ3n) is 10.5. The Bertz CT molecular complexity index is 2320. The van der Waals surface area contributed by atoms with Gasteiger partial charge in [-0.1, -0.05) is 63.4 Å². The number of aliphatic hydroxyl groups is 4. The lowest BCUT2D eigenvalue weighted by Crippen LogP contribution is -2.31. The standard InChI is InChI=1S/C26H30O8.C25H28O8/c1-4-17-11-20(31-10-9-27)7-8-22(17)23-12-18-5-6-21(13-24(18)34-26(23)30)32-14-19(28)15-33-25(29)16(2)3;1-3-16-11-19(30-10-9-26)7-8-21(16)22-12-17-5-6-20(13-23(17)33-25(22)29)31-14-18(27)15-32-24(28)4-2/h5-8,11-13,18-19,24,27-28H,2,4,9-10,14-15H2,1,3H3;4-8,11-13,17-18,23,26-27H,2-3,9-10,14-15H2,1H3. The Kier molecular flexibility index (Phi) is 19.3. The van der Waals surface area contributed by atoms with Crippen LogP contribution in [0.25, 0.3) is 11.1 Å². The van der Waals surface area contributed by atoms with Crippen molar-refractivity contribution in [1.82, 2.24) is 0 Å². The van der Waals surface area contributed by atoms with E-state index in [2.05, 4.69) is 13.2 Å². The third kappa shape index (κ3) is 14.6. The zero-order valence-corrected chi connectivity index (χ0v) is 37.8. The summed E-state index contributed by atoms with van der Waals surface area (Å²) < 4.78 is 43.1. The highest BCUT2D eigenvalue weighted by Gasteiger charge is 2.34. The second-order valence-corrected chi connectivity index (χ2v) is 15.5. The minimum atomic E-state index is -1.01. The first-order chi connectivity index (χ1) is 32.3. The molecule has 0 radical (unpaired) electrons. The fourth-order valence-corrected chi connectivity index (χ4v) is 7.07. The molecule has 4 N–H and O–H groups in total. The highest BCUT2D eigenvalue weighted by atomic mass is 16.6. The van der Waals surface area contributed by atoms with Crippen molar-refractivity contribution in [2.75, 3.05) is 52.9 Å². The molecule has 2 aromatic carbocycles. The summed E-state index contributed by atoms with van der Waals surface area (Å²) in [7, 11) is 0. The van der Waals surface area contributed by atoms with Crippen LogP contribution in [0.4, 0.5) is 0 Å². The number of hydrogen-bond donors (Lipinski definition) is 4. The topological polar surface area (TPSA) is 223 Å². The average molecular weight is 927 g/mol. The molecule has 2 aliphatic heterocycles. The van der Waals surface area contributed by atoms with Gasteiger partial charge in [0.15, 0.2) is 0 Å². The van der Waals surface area contributed by atoms with Crippen molar-refractivity contribution in [2.24, 2.45) is 11.8 Å². The van der Waals surface area contributed by atoms with Crippen molar-refractivity contribution >= 4 is 35.0 Å². The molecule has 0 bridgehead atoms. The number of aryl methyl sites for hydroxylation is 2. The summed E-state index contributed by atoms with van der Waals surface area (Å²) in [5, 5.41) is 37.7. The first kappa shape index (κ1) is 51.3. The largest absolute Gasteiger partial charge is 0.491 e. The Labute approximate surface area is 389 Å². The number of carbonyl (C=O) groups excluding carboxylic acids is 4. The fourth-order valence-electron chi connectivity index (χ4n) is 7.07. The fraction of sp³-hybridized carbons (Fsp3) is 0.373. The first-order valence-corrected chi connectivity index (χ1v) is 21.9. The molecule has 67 heavy (non-hydrogen) atoms. The lowest BCUT2D eigenvalue weighted by atomic mass is 9.88. The van der Waals surface area contributed by atoms with Crippen molar-refractivity contribution in [3.05, 3.63) is 144 Å². The minimum Gasteiger partial charge on any atom is -0.491 e. The van der Waals surface area contributed by atoms with Gasteiger partial charge in [-0.3, -0.25) is 0 Å². The second-order valence-electron chi connectivity index (χ2n) is 15.5. The molecular weight excluding hydrogens is 869 g/mol. The van der Waals surface area contributed by atoms with E-state index < -0.39 is 48.3 Å². The van der Waals surface area contributed by atoms with Crippen molar-refractivity contribution < 1.29 is 77.5 Å². The molecule has 0 saturated carbocycles. The van der Waals surface area contributed by atoms with Gasteiger partial charge in [0.1, 0.15) is 87.1 Å². The lowest BCUT2D eigenvalue weighted by Gasteiger charge is -2.29. The minimum absolute atomic E-state index is 0.0724. The Morgan fingerprint density at radius 3 is 1.54 bits per heavy atom. The molecule has 358 valence electrons. The van der Waals surface area contributed by atoms with E-state index in [0.29, 0.717) is 47.0 Å². The van der Waals surface area contributed by atoms with Crippen molar-refractivity contribution in [3.63, 3.8) is 0 Å². The van der Waals surface area contributed by atoms with Crippen molar-refractivity contribution in [3.8, 4) is 11.5 Å². The predicted molar refractivity (Wildman–Crippen MR) is 245 cm³/mol. The summed E-state index contributed by atoms with van der Waals surface area (Å²) in [5.74, 6) is -0.194. The molecule has 6 unspecified atom stereocenters. The van der Waals surface area contributed by atoms with Gasteiger partial charge in [-0.15, -0.1) is 0 Å². The molecule has 6 rings (SSSR count). The van der Waals surface area contributed by atoms with Crippen molar-refractivity contribution in [1.29, 1.82) is 0 Å². The van der Waals surface area contributed by atoms with Gasteiger partial charge in [0, 0.05) is 23.5 Å². The smallest absolute Gasteiger partial charge is 0.339 e. The van der Waals surface area contributed by atoms with Crippen LogP contribution in [-0.4, -0.2) is 122 Å². The summed E-state index contributed by atoms with van der Waals surface area (Å²) in [4.78, 5) is 48.0. The quantitative estimate of drug-likeness (QED) is 0.0720. The van der Waals surface area contributed by atoms with Gasteiger partial charge in [0.05, 0.1) is 24.4 Å². The maximum Gasteiger partial charge on any atom is 0.339 e. The van der Waals surface area contributed by atoms with Crippen molar-refractivity contribution in [2.45, 2.75) is 58.0 Å². The highest BCUT2D eigenvalue weighted by molar-refractivity contribution is 6.18. The molecule has 6 atom stereocenters. The van der Waals surface area contributed by atoms with E-state index >= 15 is 0 Å². The van der Waals surface area contributed by atoms with Gasteiger partial charge in [-0.05, 0) is 90.6 Å². The number of carbonyl (C=O) groups is 4.